The summed E-state index contributed by atoms with van der Waals surface area (Å²) < 4.78 is 7.40. The van der Waals surface area contributed by atoms with Crippen LogP contribution in [0, 0.1) is 13.8 Å². The minimum Gasteiger partial charge on any atom is -0.375 e. The van der Waals surface area contributed by atoms with Crippen molar-refractivity contribution < 1.29 is 9.53 Å². The van der Waals surface area contributed by atoms with Crippen LogP contribution in [0.1, 0.15) is 23.9 Å². The number of carbonyl (C=O) groups is 1. The highest BCUT2D eigenvalue weighted by Crippen LogP contribution is 2.17. The summed E-state index contributed by atoms with van der Waals surface area (Å²) in [4.78, 5) is 14.2. The van der Waals surface area contributed by atoms with Gasteiger partial charge in [0.25, 0.3) is 0 Å². The van der Waals surface area contributed by atoms with Gasteiger partial charge in [0, 0.05) is 30.9 Å². The van der Waals surface area contributed by atoms with Crippen molar-refractivity contribution in [3.8, 4) is 5.69 Å². The third-order valence-electron chi connectivity index (χ3n) is 4.39. The Balaban J connectivity index is 1.69. The van der Waals surface area contributed by atoms with Crippen LogP contribution in [0.3, 0.4) is 0 Å². The molecule has 6 heteroatoms. The summed E-state index contributed by atoms with van der Waals surface area (Å²) in [7, 11) is 0. The fourth-order valence-electron chi connectivity index (χ4n) is 3.03. The van der Waals surface area contributed by atoms with Gasteiger partial charge in [-0.1, -0.05) is 18.2 Å². The van der Waals surface area contributed by atoms with Crippen LogP contribution in [0.4, 0.5) is 4.79 Å². The molecular weight excluding hydrogens is 304 g/mol. The van der Waals surface area contributed by atoms with E-state index in [0.29, 0.717) is 26.2 Å². The molecule has 2 aromatic rings. The van der Waals surface area contributed by atoms with Crippen LogP contribution >= 0.6 is 0 Å². The number of rotatable bonds is 3. The largest absolute Gasteiger partial charge is 0.375 e. The standard InChI is InChI=1S/C18H24N4O2/c1-13-12-21(9-10-24-13)18(23)19-11-17-14(2)20-22(15(17)3)16-7-5-4-6-8-16/h4-8,13H,9-12H2,1-3H3,(H,19,23). The van der Waals surface area contributed by atoms with E-state index < -0.39 is 0 Å². The smallest absolute Gasteiger partial charge is 0.317 e. The Morgan fingerprint density at radius 3 is 2.79 bits per heavy atom. The van der Waals surface area contributed by atoms with Gasteiger partial charge in [-0.3, -0.25) is 0 Å². The van der Waals surface area contributed by atoms with Crippen LogP contribution in [0.25, 0.3) is 5.69 Å². The number of aromatic nitrogens is 2. The van der Waals surface area contributed by atoms with Gasteiger partial charge in [-0.2, -0.15) is 5.10 Å². The molecule has 6 nitrogen and oxygen atoms in total. The molecule has 0 saturated carbocycles. The van der Waals surface area contributed by atoms with Crippen molar-refractivity contribution >= 4 is 6.03 Å². The number of benzene rings is 1. The molecule has 1 fully saturated rings. The predicted octanol–water partition coefficient (Wildman–Crippen LogP) is 2.42. The van der Waals surface area contributed by atoms with Crippen molar-refractivity contribution in [3.63, 3.8) is 0 Å². The lowest BCUT2D eigenvalue weighted by molar-refractivity contribution is -0.00352. The molecular formula is C18H24N4O2. The molecule has 0 bridgehead atoms. The van der Waals surface area contributed by atoms with Gasteiger partial charge in [0.2, 0.25) is 0 Å². The highest BCUT2D eigenvalue weighted by atomic mass is 16.5. The maximum atomic E-state index is 12.3. The number of carbonyl (C=O) groups excluding carboxylic acids is 1. The molecule has 1 atom stereocenters. The predicted molar refractivity (Wildman–Crippen MR) is 92.3 cm³/mol. The van der Waals surface area contributed by atoms with Crippen molar-refractivity contribution in [1.29, 1.82) is 0 Å². The number of amides is 2. The number of morpholine rings is 1. The maximum absolute atomic E-state index is 12.3. The summed E-state index contributed by atoms with van der Waals surface area (Å²) in [6.07, 6.45) is 0.0915. The Hall–Kier alpha value is -2.34. The van der Waals surface area contributed by atoms with Gasteiger partial charge < -0.3 is 15.0 Å². The first kappa shape index (κ1) is 16.5. The Labute approximate surface area is 142 Å². The lowest BCUT2D eigenvalue weighted by Gasteiger charge is -2.31. The normalized spacial score (nSPS) is 17.8. The summed E-state index contributed by atoms with van der Waals surface area (Å²) in [6.45, 7) is 8.34. The maximum Gasteiger partial charge on any atom is 0.317 e. The molecule has 3 rings (SSSR count). The van der Waals surface area contributed by atoms with Crippen LogP contribution in [0.15, 0.2) is 30.3 Å². The molecule has 2 heterocycles. The molecule has 0 aliphatic carbocycles. The third kappa shape index (κ3) is 3.43. The molecule has 1 saturated heterocycles. The first-order chi connectivity index (χ1) is 11.6. The second kappa shape index (κ2) is 7.05. The Morgan fingerprint density at radius 1 is 1.33 bits per heavy atom. The molecule has 0 radical (unpaired) electrons. The van der Waals surface area contributed by atoms with E-state index in [0.717, 1.165) is 22.6 Å². The van der Waals surface area contributed by atoms with E-state index in [1.807, 2.05) is 55.8 Å². The lowest BCUT2D eigenvalue weighted by Crippen LogP contribution is -2.48. The van der Waals surface area contributed by atoms with Crippen molar-refractivity contribution in [2.45, 2.75) is 33.4 Å². The quantitative estimate of drug-likeness (QED) is 0.941. The summed E-state index contributed by atoms with van der Waals surface area (Å²) in [6, 6.07) is 9.98. The van der Waals surface area contributed by atoms with E-state index in [9.17, 15) is 4.79 Å². The van der Waals surface area contributed by atoms with Crippen molar-refractivity contribution in [2.75, 3.05) is 19.7 Å². The van der Waals surface area contributed by atoms with Crippen LogP contribution in [-0.2, 0) is 11.3 Å². The van der Waals surface area contributed by atoms with Crippen LogP contribution < -0.4 is 5.32 Å². The molecule has 128 valence electrons. The van der Waals surface area contributed by atoms with Crippen LogP contribution in [0.2, 0.25) is 0 Å². The molecule has 1 aromatic carbocycles. The summed E-state index contributed by atoms with van der Waals surface area (Å²) >= 11 is 0. The minimum absolute atomic E-state index is 0.0450. The number of nitrogens with zero attached hydrogens (tertiary/aromatic N) is 3. The summed E-state index contributed by atoms with van der Waals surface area (Å²) in [5.41, 5.74) is 4.08. The van der Waals surface area contributed by atoms with E-state index in [2.05, 4.69) is 10.4 Å². The van der Waals surface area contributed by atoms with Gasteiger partial charge in [-0.15, -0.1) is 0 Å². The van der Waals surface area contributed by atoms with Gasteiger partial charge >= 0.3 is 6.03 Å². The molecule has 1 unspecified atom stereocenters. The number of hydrogen-bond donors (Lipinski definition) is 1. The van der Waals surface area contributed by atoms with Crippen molar-refractivity contribution in [1.82, 2.24) is 20.0 Å². The Bertz CT molecular complexity index is 711. The SMILES string of the molecule is Cc1nn(-c2ccccc2)c(C)c1CNC(=O)N1CCOC(C)C1. The zero-order valence-electron chi connectivity index (χ0n) is 14.5. The second-order valence-electron chi connectivity index (χ2n) is 6.18. The highest BCUT2D eigenvalue weighted by Gasteiger charge is 2.22. The number of ether oxygens (including phenoxy) is 1. The lowest BCUT2D eigenvalue weighted by atomic mass is 10.2. The first-order valence-electron chi connectivity index (χ1n) is 8.31. The summed E-state index contributed by atoms with van der Waals surface area (Å²) in [5.74, 6) is 0. The van der Waals surface area contributed by atoms with E-state index in [1.165, 1.54) is 0 Å². The topological polar surface area (TPSA) is 59.4 Å². The van der Waals surface area contributed by atoms with Crippen molar-refractivity contribution in [2.24, 2.45) is 0 Å². The van der Waals surface area contributed by atoms with Gasteiger partial charge in [0.15, 0.2) is 0 Å². The van der Waals surface area contributed by atoms with E-state index in [4.69, 9.17) is 4.74 Å². The number of hydrogen-bond acceptors (Lipinski definition) is 3. The molecule has 1 aromatic heterocycles. The minimum atomic E-state index is -0.0450. The van der Waals surface area contributed by atoms with E-state index in [-0.39, 0.29) is 12.1 Å². The molecule has 0 spiro atoms. The first-order valence-corrected chi connectivity index (χ1v) is 8.31. The van der Waals surface area contributed by atoms with Crippen molar-refractivity contribution in [3.05, 3.63) is 47.3 Å². The average Bonchev–Trinajstić information content (AvgIpc) is 2.88. The van der Waals surface area contributed by atoms with E-state index in [1.54, 1.807) is 4.90 Å². The molecule has 24 heavy (non-hydrogen) atoms. The number of nitrogens with one attached hydrogen (secondary N) is 1. The Kier molecular flexibility index (Phi) is 4.85. The summed E-state index contributed by atoms with van der Waals surface area (Å²) in [5, 5.41) is 7.63. The fraction of sp³-hybridized carbons (Fsp3) is 0.444. The third-order valence-corrected chi connectivity index (χ3v) is 4.39. The van der Waals surface area contributed by atoms with Crippen LogP contribution in [0.5, 0.6) is 0 Å². The molecule has 1 aliphatic heterocycles. The number of para-hydroxylation sites is 1. The average molecular weight is 328 g/mol. The van der Waals surface area contributed by atoms with E-state index >= 15 is 0 Å². The zero-order chi connectivity index (χ0) is 17.1. The second-order valence-corrected chi connectivity index (χ2v) is 6.18. The monoisotopic (exact) mass is 328 g/mol. The molecule has 1 N–H and O–H groups in total. The Morgan fingerprint density at radius 2 is 2.08 bits per heavy atom. The van der Waals surface area contributed by atoms with Crippen LogP contribution in [-0.4, -0.2) is 46.5 Å². The van der Waals surface area contributed by atoms with Gasteiger partial charge in [-0.25, -0.2) is 9.48 Å². The highest BCUT2D eigenvalue weighted by molar-refractivity contribution is 5.74. The van der Waals surface area contributed by atoms with Gasteiger partial charge in [0.05, 0.1) is 24.1 Å². The van der Waals surface area contributed by atoms with Gasteiger partial charge in [-0.05, 0) is 32.9 Å². The number of urea groups is 1. The number of aryl methyl sites for hydroxylation is 1. The molecule has 1 aliphatic rings. The fourth-order valence-corrected chi connectivity index (χ4v) is 3.03. The van der Waals surface area contributed by atoms with Gasteiger partial charge in [0.1, 0.15) is 0 Å². The zero-order valence-corrected chi connectivity index (χ0v) is 14.5. The molecule has 2 amide bonds.